The predicted octanol–water partition coefficient (Wildman–Crippen LogP) is 4.32. The fourth-order valence-electron chi connectivity index (χ4n) is 3.04. The van der Waals surface area contributed by atoms with Gasteiger partial charge in [0.25, 0.3) is 0 Å². The molecule has 1 N–H and O–H groups in total. The van der Waals surface area contributed by atoms with Gasteiger partial charge in [0.1, 0.15) is 5.82 Å². The molecule has 0 spiro atoms. The predicted molar refractivity (Wildman–Crippen MR) is 101 cm³/mol. The first-order valence-corrected chi connectivity index (χ1v) is 9.68. The van der Waals surface area contributed by atoms with Gasteiger partial charge in [0.15, 0.2) is 0 Å². The molecule has 0 amide bonds. The highest BCUT2D eigenvalue weighted by Crippen LogP contribution is 2.25. The normalized spacial score (nSPS) is 12.2. The van der Waals surface area contributed by atoms with Gasteiger partial charge in [-0.1, -0.05) is 37.3 Å². The molecule has 1 unspecified atom stereocenters. The third-order valence-corrected chi connectivity index (χ3v) is 5.58. The molecule has 0 saturated heterocycles. The molecule has 0 saturated carbocycles. The average Bonchev–Trinajstić information content (AvgIpc) is 2.62. The molecule has 3 nitrogen and oxygen atoms in total. The summed E-state index contributed by atoms with van der Waals surface area (Å²) in [5.74, 6) is -0.650. The average molecular weight is 370 g/mol. The van der Waals surface area contributed by atoms with Gasteiger partial charge in [0.05, 0.1) is 17.2 Å². The molecule has 0 aliphatic rings. The second kappa shape index (κ2) is 7.79. The largest absolute Gasteiger partial charge is 0.481 e. The first-order valence-electron chi connectivity index (χ1n) is 8.36. The molecule has 0 fully saturated rings. The summed E-state index contributed by atoms with van der Waals surface area (Å²) in [7, 11) is -0.996. The van der Waals surface area contributed by atoms with Crippen molar-refractivity contribution in [1.82, 2.24) is 0 Å². The quantitative estimate of drug-likeness (QED) is 0.703. The van der Waals surface area contributed by atoms with Crippen molar-refractivity contribution in [3.63, 3.8) is 0 Å². The molecular formula is C21H19FO3S. The van der Waals surface area contributed by atoms with E-state index in [1.165, 1.54) is 12.1 Å². The van der Waals surface area contributed by atoms with E-state index in [0.717, 1.165) is 26.8 Å². The number of fused-ring (bicyclic) bond motifs is 1. The maximum absolute atomic E-state index is 13.7. The molecule has 3 aromatic rings. The van der Waals surface area contributed by atoms with E-state index in [0.29, 0.717) is 17.7 Å². The zero-order valence-electron chi connectivity index (χ0n) is 14.4. The summed E-state index contributed by atoms with van der Waals surface area (Å²) in [6.07, 6.45) is 0.473. The van der Waals surface area contributed by atoms with Gasteiger partial charge < -0.3 is 5.11 Å². The maximum Gasteiger partial charge on any atom is 0.307 e. The monoisotopic (exact) mass is 370 g/mol. The van der Waals surface area contributed by atoms with Crippen molar-refractivity contribution < 1.29 is 18.5 Å². The lowest BCUT2D eigenvalue weighted by molar-refractivity contribution is -0.136. The third-order valence-electron chi connectivity index (χ3n) is 4.26. The van der Waals surface area contributed by atoms with Gasteiger partial charge in [0.2, 0.25) is 0 Å². The molecule has 5 heteroatoms. The number of halogens is 1. The van der Waals surface area contributed by atoms with E-state index < -0.39 is 16.8 Å². The molecule has 0 aliphatic heterocycles. The molecule has 0 aromatic heterocycles. The number of hydrogen-bond donors (Lipinski definition) is 1. The molecule has 1 atom stereocenters. The van der Waals surface area contributed by atoms with Gasteiger partial charge in [-0.15, -0.1) is 0 Å². The van der Waals surface area contributed by atoms with Gasteiger partial charge in [-0.05, 0) is 58.1 Å². The van der Waals surface area contributed by atoms with E-state index in [-0.39, 0.29) is 12.2 Å². The summed E-state index contributed by atoms with van der Waals surface area (Å²) < 4.78 is 25.6. The van der Waals surface area contributed by atoms with E-state index in [2.05, 4.69) is 0 Å². The summed E-state index contributed by atoms with van der Waals surface area (Å²) >= 11 is 0. The highest BCUT2D eigenvalue weighted by Gasteiger charge is 2.10. The summed E-state index contributed by atoms with van der Waals surface area (Å²) in [6.45, 7) is 1.87. The Morgan fingerprint density at radius 2 is 1.77 bits per heavy atom. The van der Waals surface area contributed by atoms with Gasteiger partial charge >= 0.3 is 5.97 Å². The van der Waals surface area contributed by atoms with Crippen LogP contribution in [0.5, 0.6) is 0 Å². The molecule has 0 bridgehead atoms. The van der Waals surface area contributed by atoms with Crippen LogP contribution in [0.25, 0.3) is 10.8 Å². The molecular weight excluding hydrogens is 351 g/mol. The number of rotatable bonds is 6. The zero-order chi connectivity index (χ0) is 18.7. The Hall–Kier alpha value is -2.53. The molecule has 3 rings (SSSR count). The Balaban J connectivity index is 2.00. The van der Waals surface area contributed by atoms with Crippen molar-refractivity contribution in [1.29, 1.82) is 0 Å². The lowest BCUT2D eigenvalue weighted by atomic mass is 9.95. The smallest absolute Gasteiger partial charge is 0.307 e. The minimum atomic E-state index is -0.996. The SMILES string of the molecule is CCS(=O)c1ccc(Cc2cc(CC(=O)O)cc3ccc(F)cc23)cc1. The molecule has 0 aliphatic carbocycles. The summed E-state index contributed by atoms with van der Waals surface area (Å²) in [4.78, 5) is 11.9. The van der Waals surface area contributed by atoms with Crippen LogP contribution < -0.4 is 0 Å². The van der Waals surface area contributed by atoms with Gasteiger partial charge in [0, 0.05) is 10.6 Å². The fraction of sp³-hybridized carbons (Fsp3) is 0.190. The van der Waals surface area contributed by atoms with E-state index in [4.69, 9.17) is 5.11 Å². The Kier molecular flexibility index (Phi) is 5.47. The highest BCUT2D eigenvalue weighted by atomic mass is 32.2. The minimum Gasteiger partial charge on any atom is -0.481 e. The summed E-state index contributed by atoms with van der Waals surface area (Å²) in [5.41, 5.74) is 2.57. The maximum atomic E-state index is 13.7. The van der Waals surface area contributed by atoms with Crippen molar-refractivity contribution in [3.05, 3.63) is 77.1 Å². The van der Waals surface area contributed by atoms with Crippen molar-refractivity contribution in [2.24, 2.45) is 0 Å². The van der Waals surface area contributed by atoms with Crippen LogP contribution >= 0.6 is 0 Å². The Morgan fingerprint density at radius 3 is 2.42 bits per heavy atom. The Bertz CT molecular complexity index is 980. The Morgan fingerprint density at radius 1 is 1.04 bits per heavy atom. The molecule has 0 heterocycles. The lowest BCUT2D eigenvalue weighted by Gasteiger charge is -2.11. The minimum absolute atomic E-state index is 0.0747. The second-order valence-electron chi connectivity index (χ2n) is 6.15. The Labute approximate surface area is 153 Å². The van der Waals surface area contributed by atoms with E-state index in [9.17, 15) is 13.4 Å². The molecule has 26 heavy (non-hydrogen) atoms. The standard InChI is InChI=1S/C21H19FO3S/c1-2-26(25)19-7-3-14(4-8-19)9-17-11-15(12-21(23)24)10-16-5-6-18(22)13-20(16)17/h3-8,10-11,13H,2,9,12H2,1H3,(H,23,24). The number of hydrogen-bond acceptors (Lipinski definition) is 2. The van der Waals surface area contributed by atoms with Crippen LogP contribution in [0.4, 0.5) is 4.39 Å². The topological polar surface area (TPSA) is 54.4 Å². The number of carbonyl (C=O) groups is 1. The third kappa shape index (κ3) is 4.17. The van der Waals surface area contributed by atoms with Crippen molar-refractivity contribution in [2.45, 2.75) is 24.7 Å². The van der Waals surface area contributed by atoms with Gasteiger partial charge in [-0.2, -0.15) is 0 Å². The number of benzene rings is 3. The van der Waals surface area contributed by atoms with Crippen LogP contribution in [0.2, 0.25) is 0 Å². The van der Waals surface area contributed by atoms with Gasteiger partial charge in [-0.3, -0.25) is 9.00 Å². The van der Waals surface area contributed by atoms with Gasteiger partial charge in [-0.25, -0.2) is 4.39 Å². The molecule has 0 radical (unpaired) electrons. The van der Waals surface area contributed by atoms with Crippen LogP contribution in [0.3, 0.4) is 0 Å². The van der Waals surface area contributed by atoms with Crippen molar-refractivity contribution >= 4 is 27.5 Å². The van der Waals surface area contributed by atoms with Crippen LogP contribution in [0, 0.1) is 5.82 Å². The van der Waals surface area contributed by atoms with Crippen LogP contribution in [-0.4, -0.2) is 21.0 Å². The highest BCUT2D eigenvalue weighted by molar-refractivity contribution is 7.85. The summed E-state index contributed by atoms with van der Waals surface area (Å²) in [5, 5.41) is 10.7. The number of carboxylic acids is 1. The van der Waals surface area contributed by atoms with E-state index >= 15 is 0 Å². The van der Waals surface area contributed by atoms with Crippen molar-refractivity contribution in [3.8, 4) is 0 Å². The van der Waals surface area contributed by atoms with Crippen LogP contribution in [-0.2, 0) is 28.4 Å². The van der Waals surface area contributed by atoms with Crippen LogP contribution in [0.1, 0.15) is 23.6 Å². The second-order valence-corrected chi connectivity index (χ2v) is 7.89. The zero-order valence-corrected chi connectivity index (χ0v) is 15.2. The molecule has 134 valence electrons. The van der Waals surface area contributed by atoms with E-state index in [1.54, 1.807) is 12.1 Å². The first-order chi connectivity index (χ1) is 12.5. The molecule has 3 aromatic carbocycles. The first kappa shape index (κ1) is 18.3. The summed E-state index contributed by atoms with van der Waals surface area (Å²) in [6, 6.07) is 15.7. The van der Waals surface area contributed by atoms with E-state index in [1.807, 2.05) is 37.3 Å². The lowest BCUT2D eigenvalue weighted by Crippen LogP contribution is -2.02. The number of carboxylic acid groups (broad SMARTS) is 1. The van der Waals surface area contributed by atoms with Crippen LogP contribution in [0.15, 0.2) is 59.5 Å². The fourth-order valence-corrected chi connectivity index (χ4v) is 3.82. The number of aliphatic carboxylic acids is 1. The van der Waals surface area contributed by atoms with Crippen molar-refractivity contribution in [2.75, 3.05) is 5.75 Å².